The van der Waals surface area contributed by atoms with Crippen LogP contribution in [0.5, 0.6) is 0 Å². The number of non-ortho nitro benzene ring substituents is 1. The van der Waals surface area contributed by atoms with E-state index in [9.17, 15) is 19.7 Å². The summed E-state index contributed by atoms with van der Waals surface area (Å²) in [5.74, 6) is -0.493. The third kappa shape index (κ3) is 3.79. The van der Waals surface area contributed by atoms with Crippen molar-refractivity contribution >= 4 is 52.5 Å². The molecule has 0 saturated carbocycles. The number of nitrogens with zero attached hydrogens (tertiary/aromatic N) is 3. The highest BCUT2D eigenvalue weighted by Gasteiger charge is 2.38. The van der Waals surface area contributed by atoms with Crippen molar-refractivity contribution in [2.75, 3.05) is 13.1 Å². The zero-order chi connectivity index (χ0) is 21.3. The van der Waals surface area contributed by atoms with E-state index in [0.717, 1.165) is 0 Å². The molecule has 1 saturated heterocycles. The second kappa shape index (κ2) is 8.14. The lowest BCUT2D eigenvalue weighted by atomic mass is 10.1. The van der Waals surface area contributed by atoms with Gasteiger partial charge in [-0.15, -0.1) is 0 Å². The number of hydrogen-bond donors (Lipinski definition) is 0. The first-order chi connectivity index (χ1) is 13.8. The number of rotatable bonds is 5. The van der Waals surface area contributed by atoms with Crippen molar-refractivity contribution in [2.24, 2.45) is 0 Å². The van der Waals surface area contributed by atoms with Gasteiger partial charge >= 0.3 is 0 Å². The molecular formula is C19H16ClN3O5S. The van der Waals surface area contributed by atoms with E-state index in [1.807, 2.05) is 0 Å². The Labute approximate surface area is 176 Å². The summed E-state index contributed by atoms with van der Waals surface area (Å²) in [5, 5.41) is 11.5. The topological polar surface area (TPSA) is 96.9 Å². The molecule has 8 nitrogen and oxygen atoms in total. The van der Waals surface area contributed by atoms with Gasteiger partial charge in [0.1, 0.15) is 17.1 Å². The van der Waals surface area contributed by atoms with Crippen molar-refractivity contribution in [1.82, 2.24) is 9.80 Å². The molecular weight excluding hydrogens is 418 g/mol. The minimum absolute atomic E-state index is 0.0756. The Morgan fingerprint density at radius 3 is 2.31 bits per heavy atom. The van der Waals surface area contributed by atoms with E-state index >= 15 is 0 Å². The Kier molecular flexibility index (Phi) is 5.81. The molecule has 150 valence electrons. The number of amides is 2. The quantitative estimate of drug-likeness (QED) is 0.233. The molecule has 29 heavy (non-hydrogen) atoms. The van der Waals surface area contributed by atoms with Gasteiger partial charge in [0.15, 0.2) is 5.11 Å². The van der Waals surface area contributed by atoms with Crippen LogP contribution in [0.3, 0.4) is 0 Å². The number of likely N-dealkylation sites (N-methyl/N-ethyl adjacent to an activating group) is 2. The van der Waals surface area contributed by atoms with Crippen LogP contribution < -0.4 is 0 Å². The molecule has 3 rings (SSSR count). The number of nitro groups is 1. The number of furan rings is 1. The predicted molar refractivity (Wildman–Crippen MR) is 111 cm³/mol. The number of halogens is 1. The van der Waals surface area contributed by atoms with E-state index in [1.165, 1.54) is 34.1 Å². The number of benzene rings is 1. The Balaban J connectivity index is 2.00. The van der Waals surface area contributed by atoms with Crippen LogP contribution in [0.25, 0.3) is 17.4 Å². The maximum absolute atomic E-state index is 12.7. The Morgan fingerprint density at radius 2 is 1.76 bits per heavy atom. The van der Waals surface area contributed by atoms with Gasteiger partial charge in [-0.3, -0.25) is 29.5 Å². The highest BCUT2D eigenvalue weighted by Crippen LogP contribution is 2.33. The van der Waals surface area contributed by atoms with Crippen molar-refractivity contribution in [3.8, 4) is 11.3 Å². The lowest BCUT2D eigenvalue weighted by Crippen LogP contribution is -2.55. The molecule has 1 aliphatic heterocycles. The molecule has 1 fully saturated rings. The maximum Gasteiger partial charge on any atom is 0.270 e. The fourth-order valence-corrected chi connectivity index (χ4v) is 3.55. The lowest BCUT2D eigenvalue weighted by molar-refractivity contribution is -0.384. The molecule has 0 bridgehead atoms. The van der Waals surface area contributed by atoms with Crippen LogP contribution in [0, 0.1) is 10.1 Å². The van der Waals surface area contributed by atoms with E-state index in [0.29, 0.717) is 18.7 Å². The van der Waals surface area contributed by atoms with Gasteiger partial charge in [0.25, 0.3) is 17.5 Å². The standard InChI is InChI=1S/C19H16ClN3O5S/c1-3-21-17(24)14(18(25)22(4-2)19(21)29)10-12-6-8-16(28-12)13-9-11(23(26)27)5-7-15(13)20/h5-10H,3-4H2,1-2H3. The molecule has 0 N–H and O–H groups in total. The van der Waals surface area contributed by atoms with Crippen molar-refractivity contribution < 1.29 is 18.9 Å². The van der Waals surface area contributed by atoms with Crippen molar-refractivity contribution in [2.45, 2.75) is 13.8 Å². The molecule has 0 aliphatic carbocycles. The smallest absolute Gasteiger partial charge is 0.270 e. The highest BCUT2D eigenvalue weighted by molar-refractivity contribution is 7.80. The normalized spacial score (nSPS) is 14.6. The van der Waals surface area contributed by atoms with Crippen LogP contribution in [0.2, 0.25) is 5.02 Å². The summed E-state index contributed by atoms with van der Waals surface area (Å²) in [7, 11) is 0. The zero-order valence-electron chi connectivity index (χ0n) is 15.5. The molecule has 2 aromatic rings. The second-order valence-electron chi connectivity index (χ2n) is 6.06. The molecule has 2 heterocycles. The van der Waals surface area contributed by atoms with E-state index < -0.39 is 16.7 Å². The van der Waals surface area contributed by atoms with Gasteiger partial charge in [-0.25, -0.2) is 0 Å². The molecule has 0 atom stereocenters. The van der Waals surface area contributed by atoms with Gasteiger partial charge in [0.2, 0.25) is 0 Å². The van der Waals surface area contributed by atoms with Crippen molar-refractivity contribution in [3.05, 3.63) is 56.8 Å². The average Bonchev–Trinajstić information content (AvgIpc) is 3.14. The van der Waals surface area contributed by atoms with E-state index in [1.54, 1.807) is 26.0 Å². The summed E-state index contributed by atoms with van der Waals surface area (Å²) in [6.07, 6.45) is 1.34. The molecule has 0 radical (unpaired) electrons. The SMILES string of the molecule is CCN1C(=O)C(=Cc2ccc(-c3cc([N+](=O)[O-])ccc3Cl)o2)C(=O)N(CC)C1=S. The third-order valence-electron chi connectivity index (χ3n) is 4.38. The molecule has 1 aliphatic rings. The Hall–Kier alpha value is -3.04. The third-order valence-corrected chi connectivity index (χ3v) is 5.16. The van der Waals surface area contributed by atoms with Crippen LogP contribution in [0.4, 0.5) is 5.69 Å². The largest absolute Gasteiger partial charge is 0.457 e. The molecule has 10 heteroatoms. The average molecular weight is 434 g/mol. The van der Waals surface area contributed by atoms with Crippen LogP contribution in [0.1, 0.15) is 19.6 Å². The van der Waals surface area contributed by atoms with Gasteiger partial charge < -0.3 is 4.42 Å². The number of hydrogen-bond acceptors (Lipinski definition) is 6. The number of nitro benzene ring substituents is 1. The van der Waals surface area contributed by atoms with Crippen LogP contribution >= 0.6 is 23.8 Å². The van der Waals surface area contributed by atoms with Gasteiger partial charge in [0.05, 0.1) is 9.95 Å². The highest BCUT2D eigenvalue weighted by atomic mass is 35.5. The van der Waals surface area contributed by atoms with Gasteiger partial charge in [-0.2, -0.15) is 0 Å². The summed E-state index contributed by atoms with van der Waals surface area (Å²) >= 11 is 11.4. The molecule has 0 spiro atoms. The first kappa shape index (κ1) is 20.7. The monoisotopic (exact) mass is 433 g/mol. The van der Waals surface area contributed by atoms with E-state index in [2.05, 4.69) is 0 Å². The first-order valence-corrected chi connectivity index (χ1v) is 9.50. The Morgan fingerprint density at radius 1 is 1.14 bits per heavy atom. The lowest BCUT2D eigenvalue weighted by Gasteiger charge is -2.35. The number of carbonyl (C=O) groups is 2. The zero-order valence-corrected chi connectivity index (χ0v) is 17.1. The second-order valence-corrected chi connectivity index (χ2v) is 6.84. The van der Waals surface area contributed by atoms with Gasteiger partial charge in [-0.05, 0) is 50.3 Å². The predicted octanol–water partition coefficient (Wildman–Crippen LogP) is 3.89. The van der Waals surface area contributed by atoms with Crippen LogP contribution in [0.15, 0.2) is 40.3 Å². The molecule has 1 aromatic heterocycles. The van der Waals surface area contributed by atoms with Gasteiger partial charge in [0, 0.05) is 30.8 Å². The van der Waals surface area contributed by atoms with E-state index in [4.69, 9.17) is 28.2 Å². The fourth-order valence-electron chi connectivity index (χ4n) is 2.92. The summed E-state index contributed by atoms with van der Waals surface area (Å²) in [5.41, 5.74) is 0.121. The van der Waals surface area contributed by atoms with Crippen molar-refractivity contribution in [1.29, 1.82) is 0 Å². The van der Waals surface area contributed by atoms with Crippen molar-refractivity contribution in [3.63, 3.8) is 0 Å². The van der Waals surface area contributed by atoms with Gasteiger partial charge in [-0.1, -0.05) is 11.6 Å². The minimum atomic E-state index is -0.535. The summed E-state index contributed by atoms with van der Waals surface area (Å²) in [4.78, 5) is 38.5. The number of thiocarbonyl (C=S) groups is 1. The first-order valence-electron chi connectivity index (χ1n) is 8.72. The summed E-state index contributed by atoms with van der Waals surface area (Å²) < 4.78 is 5.69. The summed E-state index contributed by atoms with van der Waals surface area (Å²) in [6.45, 7) is 4.18. The fraction of sp³-hybridized carbons (Fsp3) is 0.211. The Bertz CT molecular complexity index is 1030. The summed E-state index contributed by atoms with van der Waals surface area (Å²) in [6, 6.07) is 7.11. The van der Waals surface area contributed by atoms with Crippen LogP contribution in [-0.4, -0.2) is 44.7 Å². The molecule has 1 aromatic carbocycles. The van der Waals surface area contributed by atoms with E-state index in [-0.39, 0.29) is 32.9 Å². The number of carbonyl (C=O) groups excluding carboxylic acids is 2. The van der Waals surface area contributed by atoms with Crippen LogP contribution in [-0.2, 0) is 9.59 Å². The molecule has 2 amide bonds. The minimum Gasteiger partial charge on any atom is -0.457 e. The molecule has 0 unspecified atom stereocenters. The maximum atomic E-state index is 12.7.